The fourth-order valence-electron chi connectivity index (χ4n) is 1.56. The smallest absolute Gasteiger partial charge is 0.406 e. The number of hydrogen-bond donors (Lipinski definition) is 0. The molecule has 0 saturated heterocycles. The van der Waals surface area contributed by atoms with Crippen LogP contribution in [0.3, 0.4) is 0 Å². The number of hydrogen-bond acceptors (Lipinski definition) is 3. The van der Waals surface area contributed by atoms with Crippen LogP contribution in [0.4, 0.5) is 13.2 Å². The molecular formula is C10H7F3O3. The van der Waals surface area contributed by atoms with Crippen molar-refractivity contribution in [1.29, 1.82) is 0 Å². The first-order valence-corrected chi connectivity index (χ1v) is 4.45. The number of rotatable bonds is 2. The number of carbonyl (C=O) groups is 1. The molecule has 1 aromatic rings. The van der Waals surface area contributed by atoms with E-state index in [4.69, 9.17) is 4.74 Å². The van der Waals surface area contributed by atoms with E-state index in [2.05, 4.69) is 4.74 Å². The monoisotopic (exact) mass is 232 g/mol. The zero-order valence-electron chi connectivity index (χ0n) is 7.95. The Bertz CT molecular complexity index is 414. The van der Waals surface area contributed by atoms with Gasteiger partial charge in [-0.2, -0.15) is 0 Å². The first-order valence-electron chi connectivity index (χ1n) is 4.45. The Morgan fingerprint density at radius 1 is 1.44 bits per heavy atom. The van der Waals surface area contributed by atoms with E-state index in [0.717, 1.165) is 6.07 Å². The summed E-state index contributed by atoms with van der Waals surface area (Å²) < 4.78 is 44.6. The van der Waals surface area contributed by atoms with E-state index in [0.29, 0.717) is 17.4 Å². The summed E-state index contributed by atoms with van der Waals surface area (Å²) in [6.45, 7) is 0.119. The Morgan fingerprint density at radius 3 is 2.81 bits per heavy atom. The van der Waals surface area contributed by atoms with Crippen molar-refractivity contribution in [1.82, 2.24) is 0 Å². The Labute approximate surface area is 88.8 Å². The van der Waals surface area contributed by atoms with Gasteiger partial charge >= 0.3 is 6.36 Å². The minimum Gasteiger partial charge on any atom is -0.406 e. The second kappa shape index (κ2) is 3.79. The molecule has 1 unspecified atom stereocenters. The Balaban J connectivity index is 2.25. The molecule has 16 heavy (non-hydrogen) atoms. The van der Waals surface area contributed by atoms with Crippen molar-refractivity contribution in [3.63, 3.8) is 0 Å². The van der Waals surface area contributed by atoms with Crippen LogP contribution >= 0.6 is 0 Å². The summed E-state index contributed by atoms with van der Waals surface area (Å²) in [4.78, 5) is 10.5. The van der Waals surface area contributed by atoms with E-state index in [1.54, 1.807) is 0 Å². The molecule has 1 aromatic carbocycles. The molecule has 0 aliphatic carbocycles. The number of ether oxygens (including phenoxy) is 2. The molecule has 1 aliphatic heterocycles. The molecule has 0 saturated carbocycles. The maximum Gasteiger partial charge on any atom is 0.573 e. The summed E-state index contributed by atoms with van der Waals surface area (Å²) in [6, 6.07) is 3.80. The quantitative estimate of drug-likeness (QED) is 0.734. The average molecular weight is 232 g/mol. The van der Waals surface area contributed by atoms with Crippen molar-refractivity contribution in [3.05, 3.63) is 29.3 Å². The standard InChI is InChI=1S/C10H7F3O3/c11-10(12,13)16-7-1-2-8-6(3-7)5-15-9(8)4-14/h1-4,9H,5H2. The SMILES string of the molecule is O=CC1OCc2cc(OC(F)(F)F)ccc21. The number of benzene rings is 1. The Kier molecular flexibility index (Phi) is 2.59. The molecule has 0 radical (unpaired) electrons. The van der Waals surface area contributed by atoms with Crippen LogP contribution in [0.15, 0.2) is 18.2 Å². The highest BCUT2D eigenvalue weighted by atomic mass is 19.4. The molecule has 1 aliphatic rings. The zero-order chi connectivity index (χ0) is 11.8. The van der Waals surface area contributed by atoms with Crippen LogP contribution in [-0.2, 0) is 16.1 Å². The minimum atomic E-state index is -4.71. The predicted molar refractivity (Wildman–Crippen MR) is 46.7 cm³/mol. The third-order valence-electron chi connectivity index (χ3n) is 2.20. The molecule has 0 N–H and O–H groups in total. The van der Waals surface area contributed by atoms with Crippen LogP contribution in [-0.4, -0.2) is 12.6 Å². The van der Waals surface area contributed by atoms with E-state index >= 15 is 0 Å². The van der Waals surface area contributed by atoms with Gasteiger partial charge in [0.1, 0.15) is 11.9 Å². The van der Waals surface area contributed by atoms with Crippen molar-refractivity contribution in [3.8, 4) is 5.75 Å². The Morgan fingerprint density at radius 2 is 2.19 bits per heavy atom. The van der Waals surface area contributed by atoms with Crippen LogP contribution < -0.4 is 4.74 Å². The van der Waals surface area contributed by atoms with Crippen LogP contribution in [0.5, 0.6) is 5.75 Å². The number of carbonyl (C=O) groups excluding carboxylic acids is 1. The van der Waals surface area contributed by atoms with Crippen molar-refractivity contribution < 1.29 is 27.4 Å². The number of aldehydes is 1. The number of halogens is 3. The van der Waals surface area contributed by atoms with Gasteiger partial charge in [0.05, 0.1) is 6.61 Å². The van der Waals surface area contributed by atoms with Crippen LogP contribution in [0.1, 0.15) is 17.2 Å². The Hall–Kier alpha value is -1.56. The van der Waals surface area contributed by atoms with Gasteiger partial charge in [-0.1, -0.05) is 6.07 Å². The van der Waals surface area contributed by atoms with Gasteiger partial charge in [-0.15, -0.1) is 13.2 Å². The van der Waals surface area contributed by atoms with E-state index in [9.17, 15) is 18.0 Å². The first-order chi connectivity index (χ1) is 7.49. The largest absolute Gasteiger partial charge is 0.573 e. The maximum atomic E-state index is 11.9. The van der Waals surface area contributed by atoms with Crippen molar-refractivity contribution in [2.24, 2.45) is 0 Å². The van der Waals surface area contributed by atoms with Crippen molar-refractivity contribution in [2.45, 2.75) is 19.1 Å². The van der Waals surface area contributed by atoms with Gasteiger partial charge in [0.25, 0.3) is 0 Å². The molecule has 1 heterocycles. The van der Waals surface area contributed by atoms with Gasteiger partial charge in [0, 0.05) is 0 Å². The van der Waals surface area contributed by atoms with Gasteiger partial charge in [-0.25, -0.2) is 0 Å². The van der Waals surface area contributed by atoms with Crippen molar-refractivity contribution >= 4 is 6.29 Å². The van der Waals surface area contributed by atoms with Gasteiger partial charge in [0.15, 0.2) is 6.29 Å². The molecule has 86 valence electrons. The summed E-state index contributed by atoms with van der Waals surface area (Å²) in [5.41, 5.74) is 1.13. The van der Waals surface area contributed by atoms with E-state index in [-0.39, 0.29) is 12.4 Å². The maximum absolute atomic E-state index is 11.9. The lowest BCUT2D eigenvalue weighted by Gasteiger charge is -2.09. The highest BCUT2D eigenvalue weighted by Crippen LogP contribution is 2.33. The third-order valence-corrected chi connectivity index (χ3v) is 2.20. The molecule has 1 atom stereocenters. The average Bonchev–Trinajstić information content (AvgIpc) is 2.57. The van der Waals surface area contributed by atoms with Crippen LogP contribution in [0.25, 0.3) is 0 Å². The second-order valence-electron chi connectivity index (χ2n) is 3.28. The molecule has 0 fully saturated rings. The zero-order valence-corrected chi connectivity index (χ0v) is 7.95. The lowest BCUT2D eigenvalue weighted by Crippen LogP contribution is -2.17. The highest BCUT2D eigenvalue weighted by Gasteiger charge is 2.32. The first kappa shape index (κ1) is 10.9. The van der Waals surface area contributed by atoms with Crippen LogP contribution in [0, 0.1) is 0 Å². The molecule has 6 heteroatoms. The highest BCUT2D eigenvalue weighted by molar-refractivity contribution is 5.63. The number of alkyl halides is 3. The molecule has 0 amide bonds. The van der Waals surface area contributed by atoms with E-state index in [1.165, 1.54) is 12.1 Å². The topological polar surface area (TPSA) is 35.5 Å². The lowest BCUT2D eigenvalue weighted by molar-refractivity contribution is -0.274. The normalized spacial score (nSPS) is 19.3. The molecular weight excluding hydrogens is 225 g/mol. The lowest BCUT2D eigenvalue weighted by atomic mass is 10.1. The third kappa shape index (κ3) is 2.16. The van der Waals surface area contributed by atoms with Gasteiger partial charge in [-0.3, -0.25) is 0 Å². The summed E-state index contributed by atoms with van der Waals surface area (Å²) in [6.07, 6.45) is -4.79. The molecule has 2 rings (SSSR count). The second-order valence-corrected chi connectivity index (χ2v) is 3.28. The fraction of sp³-hybridized carbons (Fsp3) is 0.300. The molecule has 0 bridgehead atoms. The van der Waals surface area contributed by atoms with E-state index in [1.807, 2.05) is 0 Å². The van der Waals surface area contributed by atoms with E-state index < -0.39 is 12.5 Å². The van der Waals surface area contributed by atoms with Crippen LogP contribution in [0.2, 0.25) is 0 Å². The molecule has 3 nitrogen and oxygen atoms in total. The van der Waals surface area contributed by atoms with Crippen molar-refractivity contribution in [2.75, 3.05) is 0 Å². The minimum absolute atomic E-state index is 0.119. The molecule has 0 spiro atoms. The summed E-state index contributed by atoms with van der Waals surface area (Å²) in [5.74, 6) is -0.304. The van der Waals surface area contributed by atoms with Gasteiger partial charge in [0.2, 0.25) is 0 Å². The fourth-order valence-corrected chi connectivity index (χ4v) is 1.56. The predicted octanol–water partition coefficient (Wildman–Crippen LogP) is 2.36. The molecule has 0 aromatic heterocycles. The summed E-state index contributed by atoms with van der Waals surface area (Å²) in [5, 5.41) is 0. The summed E-state index contributed by atoms with van der Waals surface area (Å²) >= 11 is 0. The van der Waals surface area contributed by atoms with Gasteiger partial charge in [-0.05, 0) is 23.3 Å². The number of fused-ring (bicyclic) bond motifs is 1. The van der Waals surface area contributed by atoms with Gasteiger partial charge < -0.3 is 14.3 Å². The summed E-state index contributed by atoms with van der Waals surface area (Å²) in [7, 11) is 0.